The van der Waals surface area contributed by atoms with Gasteiger partial charge in [0.2, 0.25) is 0 Å². The highest BCUT2D eigenvalue weighted by Crippen LogP contribution is 2.21. The fourth-order valence-corrected chi connectivity index (χ4v) is 1.16. The Morgan fingerprint density at radius 3 is 2.77 bits per heavy atom. The topological polar surface area (TPSA) is 18.5 Å². The van der Waals surface area contributed by atoms with Crippen LogP contribution in [0.1, 0.15) is 0 Å². The summed E-state index contributed by atoms with van der Waals surface area (Å²) >= 11 is 3.16. The third-order valence-corrected chi connectivity index (χ3v) is 1.93. The van der Waals surface area contributed by atoms with Crippen LogP contribution in [-0.4, -0.2) is 20.3 Å². The van der Waals surface area contributed by atoms with Crippen LogP contribution in [0.3, 0.4) is 0 Å². The Balaban J connectivity index is 2.56. The molecule has 1 rings (SSSR count). The first-order chi connectivity index (χ1) is 6.24. The van der Waals surface area contributed by atoms with E-state index in [1.54, 1.807) is 19.2 Å². The summed E-state index contributed by atoms with van der Waals surface area (Å²) in [6.45, 7) is 0.810. The molecule has 0 unspecified atom stereocenters. The first-order valence-corrected chi connectivity index (χ1v) is 4.60. The minimum absolute atomic E-state index is 0.250. The molecule has 0 radical (unpaired) electrons. The third-order valence-electron chi connectivity index (χ3n) is 1.44. The van der Waals surface area contributed by atoms with Crippen molar-refractivity contribution >= 4 is 15.9 Å². The quantitative estimate of drug-likeness (QED) is 0.763. The molecule has 13 heavy (non-hydrogen) atoms. The Kier molecular flexibility index (Phi) is 4.18. The van der Waals surface area contributed by atoms with Gasteiger partial charge in [0.15, 0.2) is 11.6 Å². The van der Waals surface area contributed by atoms with Crippen molar-refractivity contribution in [3.05, 3.63) is 28.5 Å². The van der Waals surface area contributed by atoms with E-state index in [1.165, 1.54) is 6.07 Å². The van der Waals surface area contributed by atoms with Gasteiger partial charge in [0, 0.05) is 11.6 Å². The van der Waals surface area contributed by atoms with Crippen molar-refractivity contribution in [3.8, 4) is 5.75 Å². The molecule has 1 aromatic carbocycles. The van der Waals surface area contributed by atoms with E-state index in [-0.39, 0.29) is 11.6 Å². The molecule has 0 heterocycles. The zero-order valence-corrected chi connectivity index (χ0v) is 8.80. The third kappa shape index (κ3) is 3.32. The molecule has 1 aromatic rings. The number of methoxy groups -OCH3 is 1. The molecule has 0 aliphatic heterocycles. The van der Waals surface area contributed by atoms with Crippen LogP contribution >= 0.6 is 15.9 Å². The summed E-state index contributed by atoms with van der Waals surface area (Å²) in [5.41, 5.74) is 0. The van der Waals surface area contributed by atoms with Gasteiger partial charge >= 0.3 is 0 Å². The molecule has 0 saturated heterocycles. The average molecular weight is 249 g/mol. The SMILES string of the molecule is COCCOc1ccc(Br)cc1F. The van der Waals surface area contributed by atoms with E-state index >= 15 is 0 Å². The van der Waals surface area contributed by atoms with E-state index in [0.29, 0.717) is 17.7 Å². The molecule has 0 aliphatic carbocycles. The maximum Gasteiger partial charge on any atom is 0.166 e. The molecule has 2 nitrogen and oxygen atoms in total. The molecule has 0 aromatic heterocycles. The predicted molar refractivity (Wildman–Crippen MR) is 51.5 cm³/mol. The summed E-state index contributed by atoms with van der Waals surface area (Å²) in [4.78, 5) is 0. The van der Waals surface area contributed by atoms with E-state index < -0.39 is 0 Å². The molecule has 0 N–H and O–H groups in total. The monoisotopic (exact) mass is 248 g/mol. The summed E-state index contributed by atoms with van der Waals surface area (Å²) in [5.74, 6) is -0.120. The van der Waals surface area contributed by atoms with Crippen molar-refractivity contribution in [1.82, 2.24) is 0 Å². The van der Waals surface area contributed by atoms with Crippen LogP contribution in [0.15, 0.2) is 22.7 Å². The summed E-state index contributed by atoms with van der Waals surface area (Å²) in [7, 11) is 1.57. The first-order valence-electron chi connectivity index (χ1n) is 3.81. The number of rotatable bonds is 4. The molecule has 0 fully saturated rings. The second kappa shape index (κ2) is 5.19. The lowest BCUT2D eigenvalue weighted by atomic mass is 10.3. The van der Waals surface area contributed by atoms with Crippen LogP contribution in [0.4, 0.5) is 4.39 Å². The van der Waals surface area contributed by atoms with Crippen molar-refractivity contribution in [1.29, 1.82) is 0 Å². The van der Waals surface area contributed by atoms with Gasteiger partial charge in [-0.15, -0.1) is 0 Å². The maximum absolute atomic E-state index is 13.1. The van der Waals surface area contributed by atoms with Crippen molar-refractivity contribution in [2.24, 2.45) is 0 Å². The lowest BCUT2D eigenvalue weighted by Crippen LogP contribution is -2.05. The van der Waals surface area contributed by atoms with E-state index in [0.717, 1.165) is 0 Å². The molecule has 0 saturated carbocycles. The van der Waals surface area contributed by atoms with E-state index in [1.807, 2.05) is 0 Å². The van der Waals surface area contributed by atoms with Gasteiger partial charge in [0.1, 0.15) is 6.61 Å². The molecule has 0 spiro atoms. The zero-order chi connectivity index (χ0) is 9.68. The van der Waals surface area contributed by atoms with Crippen molar-refractivity contribution in [3.63, 3.8) is 0 Å². The fraction of sp³-hybridized carbons (Fsp3) is 0.333. The van der Waals surface area contributed by atoms with Crippen molar-refractivity contribution in [2.75, 3.05) is 20.3 Å². The lowest BCUT2D eigenvalue weighted by Gasteiger charge is -2.06. The fourth-order valence-electron chi connectivity index (χ4n) is 0.827. The summed E-state index contributed by atoms with van der Waals surface area (Å²) in [6, 6.07) is 4.67. The minimum atomic E-state index is -0.370. The molecule has 4 heteroatoms. The van der Waals surface area contributed by atoms with Crippen LogP contribution in [0.5, 0.6) is 5.75 Å². The Bertz CT molecular complexity index is 278. The van der Waals surface area contributed by atoms with Gasteiger partial charge in [-0.25, -0.2) is 4.39 Å². The number of hydrogen-bond acceptors (Lipinski definition) is 2. The highest BCUT2D eigenvalue weighted by Gasteiger charge is 2.02. The van der Waals surface area contributed by atoms with Crippen LogP contribution in [0.2, 0.25) is 0 Å². The predicted octanol–water partition coefficient (Wildman–Crippen LogP) is 2.61. The van der Waals surface area contributed by atoms with Crippen LogP contribution in [0, 0.1) is 5.82 Å². The van der Waals surface area contributed by atoms with E-state index in [2.05, 4.69) is 15.9 Å². The summed E-state index contributed by atoms with van der Waals surface area (Å²) < 4.78 is 23.7. The first kappa shape index (κ1) is 10.5. The number of halogens is 2. The van der Waals surface area contributed by atoms with Gasteiger partial charge in [-0.2, -0.15) is 0 Å². The molecule has 72 valence electrons. The summed E-state index contributed by atoms with van der Waals surface area (Å²) in [6.07, 6.45) is 0. The van der Waals surface area contributed by atoms with Crippen molar-refractivity contribution < 1.29 is 13.9 Å². The smallest absolute Gasteiger partial charge is 0.166 e. The Labute approximate surface area is 84.8 Å². The largest absolute Gasteiger partial charge is 0.488 e. The van der Waals surface area contributed by atoms with Gasteiger partial charge in [-0.1, -0.05) is 15.9 Å². The Hall–Kier alpha value is -0.610. The second-order valence-corrected chi connectivity index (χ2v) is 3.33. The number of benzene rings is 1. The van der Waals surface area contributed by atoms with E-state index in [9.17, 15) is 4.39 Å². The van der Waals surface area contributed by atoms with Gasteiger partial charge in [-0.3, -0.25) is 0 Å². The molecular weight excluding hydrogens is 239 g/mol. The molecule has 0 aliphatic rings. The van der Waals surface area contributed by atoms with Gasteiger partial charge < -0.3 is 9.47 Å². The van der Waals surface area contributed by atoms with Crippen LogP contribution in [0.25, 0.3) is 0 Å². The summed E-state index contributed by atoms with van der Waals surface area (Å²) in [5, 5.41) is 0. The zero-order valence-electron chi connectivity index (χ0n) is 7.22. The molecule has 0 bridgehead atoms. The van der Waals surface area contributed by atoms with Gasteiger partial charge in [0.25, 0.3) is 0 Å². The Morgan fingerprint density at radius 2 is 2.15 bits per heavy atom. The van der Waals surface area contributed by atoms with Crippen LogP contribution < -0.4 is 4.74 Å². The van der Waals surface area contributed by atoms with Crippen molar-refractivity contribution in [2.45, 2.75) is 0 Å². The lowest BCUT2D eigenvalue weighted by molar-refractivity contribution is 0.144. The van der Waals surface area contributed by atoms with E-state index in [4.69, 9.17) is 9.47 Å². The van der Waals surface area contributed by atoms with Gasteiger partial charge in [-0.05, 0) is 18.2 Å². The maximum atomic E-state index is 13.1. The minimum Gasteiger partial charge on any atom is -0.488 e. The molecular formula is C9H10BrFO2. The normalized spacial score (nSPS) is 10.1. The number of hydrogen-bond donors (Lipinski definition) is 0. The Morgan fingerprint density at radius 1 is 1.38 bits per heavy atom. The molecule has 0 amide bonds. The van der Waals surface area contributed by atoms with Gasteiger partial charge in [0.05, 0.1) is 6.61 Å². The van der Waals surface area contributed by atoms with Crippen LogP contribution in [-0.2, 0) is 4.74 Å². The number of ether oxygens (including phenoxy) is 2. The standard InChI is InChI=1S/C9H10BrFO2/c1-12-4-5-13-9-3-2-7(10)6-8(9)11/h2-3,6H,4-5H2,1H3. The second-order valence-electron chi connectivity index (χ2n) is 2.42. The molecule has 0 atom stereocenters. The average Bonchev–Trinajstić information content (AvgIpc) is 2.09. The highest BCUT2D eigenvalue weighted by atomic mass is 79.9. The highest BCUT2D eigenvalue weighted by molar-refractivity contribution is 9.10.